The van der Waals surface area contributed by atoms with Crippen molar-refractivity contribution in [2.75, 3.05) is 25.1 Å². The predicted molar refractivity (Wildman–Crippen MR) is 93.1 cm³/mol. The lowest BCUT2D eigenvalue weighted by molar-refractivity contribution is 0.351. The van der Waals surface area contributed by atoms with Crippen LogP contribution in [0.4, 0.5) is 10.1 Å². The standard InChI is InChI=1S/C20H20FNO2/c1-24-20-18(21)13-16(14-19(20)23)6-5-15-7-9-17(10-8-15)22-11-3-2-4-12-22/h7-10,13-14,23H,2-4,11-12H2,1H3. The SMILES string of the molecule is COc1c(O)cc(C#Cc2ccc(N3CCCCC3)cc2)cc1F. The van der Waals surface area contributed by atoms with Gasteiger partial charge in [0.05, 0.1) is 7.11 Å². The van der Waals surface area contributed by atoms with Gasteiger partial charge in [0, 0.05) is 29.9 Å². The van der Waals surface area contributed by atoms with Gasteiger partial charge in [-0.05, 0) is 55.7 Å². The highest BCUT2D eigenvalue weighted by molar-refractivity contribution is 5.53. The van der Waals surface area contributed by atoms with Crippen LogP contribution >= 0.6 is 0 Å². The molecule has 0 atom stereocenters. The molecule has 0 aliphatic carbocycles. The average Bonchev–Trinajstić information content (AvgIpc) is 2.61. The van der Waals surface area contributed by atoms with Gasteiger partial charge in [-0.2, -0.15) is 0 Å². The molecule has 1 saturated heterocycles. The van der Waals surface area contributed by atoms with Crippen LogP contribution in [0.3, 0.4) is 0 Å². The van der Waals surface area contributed by atoms with Crippen molar-refractivity contribution in [2.45, 2.75) is 19.3 Å². The third kappa shape index (κ3) is 3.62. The number of phenols is 1. The second kappa shape index (κ2) is 7.27. The molecule has 0 amide bonds. The summed E-state index contributed by atoms with van der Waals surface area (Å²) in [6.45, 7) is 2.21. The molecule has 4 heteroatoms. The first-order chi connectivity index (χ1) is 11.7. The molecule has 1 N–H and O–H groups in total. The van der Waals surface area contributed by atoms with Gasteiger partial charge in [-0.15, -0.1) is 0 Å². The van der Waals surface area contributed by atoms with Gasteiger partial charge in [-0.3, -0.25) is 0 Å². The minimum absolute atomic E-state index is 0.161. The maximum atomic E-state index is 13.7. The Morgan fingerprint density at radius 1 is 1.00 bits per heavy atom. The summed E-state index contributed by atoms with van der Waals surface area (Å²) >= 11 is 0. The molecule has 0 unspecified atom stereocenters. The van der Waals surface area contributed by atoms with E-state index in [0.717, 1.165) is 18.7 Å². The quantitative estimate of drug-likeness (QED) is 0.849. The van der Waals surface area contributed by atoms with Crippen molar-refractivity contribution < 1.29 is 14.2 Å². The van der Waals surface area contributed by atoms with Gasteiger partial charge in [0.15, 0.2) is 17.3 Å². The molecule has 1 aliphatic rings. The zero-order chi connectivity index (χ0) is 16.9. The van der Waals surface area contributed by atoms with Crippen LogP contribution < -0.4 is 9.64 Å². The summed E-state index contributed by atoms with van der Waals surface area (Å²) in [6.07, 6.45) is 3.80. The van der Waals surface area contributed by atoms with Crippen molar-refractivity contribution in [3.63, 3.8) is 0 Å². The number of anilines is 1. The fraction of sp³-hybridized carbons (Fsp3) is 0.300. The van der Waals surface area contributed by atoms with E-state index < -0.39 is 5.82 Å². The van der Waals surface area contributed by atoms with Gasteiger partial charge < -0.3 is 14.7 Å². The molecule has 2 aromatic carbocycles. The van der Waals surface area contributed by atoms with Gasteiger partial charge in [0.25, 0.3) is 0 Å². The summed E-state index contributed by atoms with van der Waals surface area (Å²) in [7, 11) is 1.31. The number of nitrogens with zero attached hydrogens (tertiary/aromatic N) is 1. The Labute approximate surface area is 141 Å². The summed E-state index contributed by atoms with van der Waals surface area (Å²) in [5.74, 6) is 4.84. The summed E-state index contributed by atoms with van der Waals surface area (Å²) in [6, 6.07) is 10.7. The molecule has 1 aliphatic heterocycles. The molecule has 0 aromatic heterocycles. The molecule has 0 spiro atoms. The number of rotatable bonds is 2. The van der Waals surface area contributed by atoms with Crippen LogP contribution in [0.1, 0.15) is 30.4 Å². The number of benzene rings is 2. The molecule has 3 nitrogen and oxygen atoms in total. The van der Waals surface area contributed by atoms with Crippen molar-refractivity contribution in [3.8, 4) is 23.3 Å². The Kier molecular flexibility index (Phi) is 4.90. The lowest BCUT2D eigenvalue weighted by atomic mass is 10.1. The summed E-state index contributed by atoms with van der Waals surface area (Å²) in [5.41, 5.74) is 2.48. The molecular weight excluding hydrogens is 305 g/mol. The fourth-order valence-electron chi connectivity index (χ4n) is 2.91. The topological polar surface area (TPSA) is 32.7 Å². The normalized spacial score (nSPS) is 14.0. The molecular formula is C20H20FNO2. The zero-order valence-electron chi connectivity index (χ0n) is 13.7. The Morgan fingerprint density at radius 2 is 1.67 bits per heavy atom. The lowest BCUT2D eigenvalue weighted by Crippen LogP contribution is -2.29. The fourth-order valence-corrected chi connectivity index (χ4v) is 2.91. The lowest BCUT2D eigenvalue weighted by Gasteiger charge is -2.28. The van der Waals surface area contributed by atoms with E-state index in [1.54, 1.807) is 0 Å². The van der Waals surface area contributed by atoms with Crippen LogP contribution in [0.15, 0.2) is 36.4 Å². The second-order valence-corrected chi connectivity index (χ2v) is 5.86. The first-order valence-corrected chi connectivity index (χ1v) is 8.11. The van der Waals surface area contributed by atoms with Gasteiger partial charge in [-0.25, -0.2) is 4.39 Å². The Hall–Kier alpha value is -2.67. The highest BCUT2D eigenvalue weighted by Crippen LogP contribution is 2.29. The average molecular weight is 325 g/mol. The number of halogens is 1. The van der Waals surface area contributed by atoms with Crippen LogP contribution in [0, 0.1) is 17.7 Å². The van der Waals surface area contributed by atoms with Gasteiger partial charge in [0.2, 0.25) is 0 Å². The van der Waals surface area contributed by atoms with E-state index in [2.05, 4.69) is 28.9 Å². The Morgan fingerprint density at radius 3 is 2.29 bits per heavy atom. The molecule has 1 heterocycles. The van der Waals surface area contributed by atoms with Crippen LogP contribution in [0.5, 0.6) is 11.5 Å². The summed E-state index contributed by atoms with van der Waals surface area (Å²) < 4.78 is 18.5. The van der Waals surface area contributed by atoms with Crippen molar-refractivity contribution in [2.24, 2.45) is 0 Å². The highest BCUT2D eigenvalue weighted by atomic mass is 19.1. The van der Waals surface area contributed by atoms with Crippen LogP contribution in [-0.4, -0.2) is 25.3 Å². The molecule has 0 bridgehead atoms. The van der Waals surface area contributed by atoms with E-state index in [9.17, 15) is 9.50 Å². The summed E-state index contributed by atoms with van der Waals surface area (Å²) in [5, 5.41) is 9.71. The summed E-state index contributed by atoms with van der Waals surface area (Å²) in [4.78, 5) is 2.39. The van der Waals surface area contributed by atoms with E-state index in [1.807, 2.05) is 12.1 Å². The number of aromatic hydroxyl groups is 1. The van der Waals surface area contributed by atoms with Crippen molar-refractivity contribution >= 4 is 5.69 Å². The molecule has 0 saturated carbocycles. The smallest absolute Gasteiger partial charge is 0.196 e. The number of piperidine rings is 1. The Bertz CT molecular complexity index is 745. The van der Waals surface area contributed by atoms with E-state index in [0.29, 0.717) is 5.56 Å². The Balaban J connectivity index is 1.76. The minimum atomic E-state index is -0.623. The van der Waals surface area contributed by atoms with Crippen LogP contribution in [0.2, 0.25) is 0 Å². The largest absolute Gasteiger partial charge is 0.504 e. The third-order valence-corrected chi connectivity index (χ3v) is 4.17. The first kappa shape index (κ1) is 16.2. The number of hydrogen-bond donors (Lipinski definition) is 1. The molecule has 2 aromatic rings. The van der Waals surface area contributed by atoms with Gasteiger partial charge >= 0.3 is 0 Å². The maximum absolute atomic E-state index is 13.7. The minimum Gasteiger partial charge on any atom is -0.504 e. The molecule has 0 radical (unpaired) electrons. The molecule has 3 rings (SSSR count). The highest BCUT2D eigenvalue weighted by Gasteiger charge is 2.11. The van der Waals surface area contributed by atoms with Crippen molar-refractivity contribution in [3.05, 3.63) is 53.3 Å². The molecule has 1 fully saturated rings. The van der Waals surface area contributed by atoms with Crippen molar-refractivity contribution in [1.29, 1.82) is 0 Å². The van der Waals surface area contributed by atoms with Crippen LogP contribution in [-0.2, 0) is 0 Å². The van der Waals surface area contributed by atoms with E-state index in [-0.39, 0.29) is 11.5 Å². The molecule has 24 heavy (non-hydrogen) atoms. The number of methoxy groups -OCH3 is 1. The number of ether oxygens (including phenoxy) is 1. The van der Waals surface area contributed by atoms with E-state index >= 15 is 0 Å². The van der Waals surface area contributed by atoms with E-state index in [4.69, 9.17) is 4.74 Å². The second-order valence-electron chi connectivity index (χ2n) is 5.86. The first-order valence-electron chi connectivity index (χ1n) is 8.11. The van der Waals surface area contributed by atoms with Crippen molar-refractivity contribution in [1.82, 2.24) is 0 Å². The van der Waals surface area contributed by atoms with E-state index in [1.165, 1.54) is 44.2 Å². The number of hydrogen-bond acceptors (Lipinski definition) is 3. The van der Waals surface area contributed by atoms with Gasteiger partial charge in [-0.1, -0.05) is 11.8 Å². The van der Waals surface area contributed by atoms with Gasteiger partial charge in [0.1, 0.15) is 0 Å². The predicted octanol–water partition coefficient (Wildman–Crippen LogP) is 3.93. The zero-order valence-corrected chi connectivity index (χ0v) is 13.7. The third-order valence-electron chi connectivity index (χ3n) is 4.17. The maximum Gasteiger partial charge on any atom is 0.196 e. The van der Waals surface area contributed by atoms with Crippen LogP contribution in [0.25, 0.3) is 0 Å². The monoisotopic (exact) mass is 325 g/mol. The number of phenolic OH excluding ortho intramolecular Hbond substituents is 1. The molecule has 124 valence electrons.